The largest absolute Gasteiger partial charge is 0.493 e. The van der Waals surface area contributed by atoms with E-state index in [4.69, 9.17) is 14.2 Å². The summed E-state index contributed by atoms with van der Waals surface area (Å²) in [4.78, 5) is 17.2. The van der Waals surface area contributed by atoms with E-state index >= 15 is 0 Å². The van der Waals surface area contributed by atoms with Gasteiger partial charge in [-0.3, -0.25) is 4.72 Å². The summed E-state index contributed by atoms with van der Waals surface area (Å²) in [5.74, 6) is 0.727. The van der Waals surface area contributed by atoms with Crippen LogP contribution in [0.5, 0.6) is 23.1 Å². The van der Waals surface area contributed by atoms with E-state index in [2.05, 4.69) is 31.2 Å². The molecule has 11 heteroatoms. The Morgan fingerprint density at radius 2 is 1.61 bits per heavy atom. The van der Waals surface area contributed by atoms with E-state index < -0.39 is 10.0 Å². The van der Waals surface area contributed by atoms with Gasteiger partial charge in [-0.15, -0.1) is 6.58 Å². The standard InChI is InChI=1S/C25H23N5O5S/c1-3-4-17-34-25-21(35-20-14-9-8-13-19(20)33-2)22(28-24(29-25)23-26-15-10-16-27-23)30-36(31,32)18-11-6-5-7-12-18/h3,5-16H,1,4,17H2,2H3,(H,28,29,30). The molecular formula is C25H23N5O5S. The number of rotatable bonds is 11. The Labute approximate surface area is 208 Å². The lowest BCUT2D eigenvalue weighted by atomic mass is 10.3. The minimum atomic E-state index is -4.05. The third-order valence-electron chi connectivity index (χ3n) is 4.73. The first-order valence-electron chi connectivity index (χ1n) is 10.8. The number of sulfonamides is 1. The van der Waals surface area contributed by atoms with Gasteiger partial charge in [-0.2, -0.15) is 4.98 Å². The number of para-hydroxylation sites is 2. The minimum Gasteiger partial charge on any atom is -0.493 e. The number of methoxy groups -OCH3 is 1. The highest BCUT2D eigenvalue weighted by Crippen LogP contribution is 2.41. The summed E-state index contributed by atoms with van der Waals surface area (Å²) in [6.45, 7) is 3.91. The lowest BCUT2D eigenvalue weighted by molar-refractivity contribution is 0.293. The predicted octanol–water partition coefficient (Wildman–Crippen LogP) is 4.49. The van der Waals surface area contributed by atoms with E-state index in [9.17, 15) is 8.42 Å². The number of hydrogen-bond acceptors (Lipinski definition) is 9. The third kappa shape index (κ3) is 5.76. The number of nitrogens with one attached hydrogen (secondary N) is 1. The maximum atomic E-state index is 13.2. The number of nitrogens with zero attached hydrogens (tertiary/aromatic N) is 4. The van der Waals surface area contributed by atoms with E-state index in [1.807, 2.05) is 0 Å². The number of aromatic nitrogens is 4. The third-order valence-corrected chi connectivity index (χ3v) is 6.08. The van der Waals surface area contributed by atoms with Crippen LogP contribution in [0.15, 0.2) is 90.6 Å². The summed E-state index contributed by atoms with van der Waals surface area (Å²) in [5, 5.41) is 0. The van der Waals surface area contributed by atoms with Crippen molar-refractivity contribution in [1.29, 1.82) is 0 Å². The predicted molar refractivity (Wildman–Crippen MR) is 134 cm³/mol. The van der Waals surface area contributed by atoms with Crippen LogP contribution in [0.1, 0.15) is 6.42 Å². The molecule has 2 aromatic carbocycles. The van der Waals surface area contributed by atoms with Crippen molar-refractivity contribution in [3.8, 4) is 34.8 Å². The molecule has 0 aliphatic carbocycles. The van der Waals surface area contributed by atoms with Gasteiger partial charge >= 0.3 is 0 Å². The molecule has 1 N–H and O–H groups in total. The van der Waals surface area contributed by atoms with E-state index in [-0.39, 0.29) is 40.6 Å². The molecule has 2 heterocycles. The van der Waals surface area contributed by atoms with Crippen LogP contribution in [-0.4, -0.2) is 42.1 Å². The molecule has 0 bridgehead atoms. The summed E-state index contributed by atoms with van der Waals surface area (Å²) in [6.07, 6.45) is 5.25. The SMILES string of the molecule is C=CCCOc1nc(-c2ncccn2)nc(NS(=O)(=O)c2ccccc2)c1Oc1ccccc1OC. The zero-order valence-corrected chi connectivity index (χ0v) is 20.2. The molecule has 0 fully saturated rings. The molecule has 0 aliphatic rings. The van der Waals surface area contributed by atoms with Gasteiger partial charge in [0.15, 0.2) is 23.1 Å². The van der Waals surface area contributed by atoms with Crippen LogP contribution < -0.4 is 18.9 Å². The molecule has 0 atom stereocenters. The average Bonchev–Trinajstić information content (AvgIpc) is 2.91. The zero-order valence-electron chi connectivity index (χ0n) is 19.4. The highest BCUT2D eigenvalue weighted by atomic mass is 32.2. The van der Waals surface area contributed by atoms with E-state index in [0.717, 1.165) is 0 Å². The Bertz CT molecular complexity index is 1430. The fourth-order valence-electron chi connectivity index (χ4n) is 3.04. The second kappa shape index (κ2) is 11.3. The molecule has 0 amide bonds. The van der Waals surface area contributed by atoms with E-state index in [1.54, 1.807) is 54.6 Å². The lowest BCUT2D eigenvalue weighted by Gasteiger charge is -2.18. The number of benzene rings is 2. The van der Waals surface area contributed by atoms with Crippen molar-refractivity contribution in [2.24, 2.45) is 0 Å². The lowest BCUT2D eigenvalue weighted by Crippen LogP contribution is -2.16. The molecule has 0 unspecified atom stereocenters. The van der Waals surface area contributed by atoms with Crippen molar-refractivity contribution < 1.29 is 22.6 Å². The molecule has 0 aliphatic heterocycles. The van der Waals surface area contributed by atoms with Gasteiger partial charge in [-0.05, 0) is 36.8 Å². The van der Waals surface area contributed by atoms with Crippen LogP contribution in [0.2, 0.25) is 0 Å². The quantitative estimate of drug-likeness (QED) is 0.232. The van der Waals surface area contributed by atoms with Gasteiger partial charge in [-0.25, -0.2) is 23.4 Å². The van der Waals surface area contributed by atoms with Gasteiger partial charge in [0.05, 0.1) is 18.6 Å². The fraction of sp³-hybridized carbons (Fsp3) is 0.120. The molecule has 184 valence electrons. The van der Waals surface area contributed by atoms with Gasteiger partial charge in [0.25, 0.3) is 15.9 Å². The van der Waals surface area contributed by atoms with Crippen LogP contribution in [-0.2, 0) is 10.0 Å². The van der Waals surface area contributed by atoms with Crippen LogP contribution in [0, 0.1) is 0 Å². The summed E-state index contributed by atoms with van der Waals surface area (Å²) >= 11 is 0. The van der Waals surface area contributed by atoms with Gasteiger partial charge in [-0.1, -0.05) is 36.4 Å². The number of anilines is 1. The van der Waals surface area contributed by atoms with Crippen LogP contribution in [0.25, 0.3) is 11.6 Å². The van der Waals surface area contributed by atoms with Crippen molar-refractivity contribution >= 4 is 15.8 Å². The van der Waals surface area contributed by atoms with Crippen LogP contribution >= 0.6 is 0 Å². The Morgan fingerprint density at radius 3 is 2.31 bits per heavy atom. The van der Waals surface area contributed by atoms with Gasteiger partial charge in [0.2, 0.25) is 11.6 Å². The Kier molecular flexibility index (Phi) is 7.71. The maximum Gasteiger partial charge on any atom is 0.263 e. The Hall–Kier alpha value is -4.51. The molecule has 0 saturated heterocycles. The minimum absolute atomic E-state index is 0.00836. The van der Waals surface area contributed by atoms with Crippen molar-refractivity contribution in [2.45, 2.75) is 11.3 Å². The van der Waals surface area contributed by atoms with Crippen LogP contribution in [0.4, 0.5) is 5.82 Å². The van der Waals surface area contributed by atoms with Crippen molar-refractivity contribution in [3.63, 3.8) is 0 Å². The Balaban J connectivity index is 1.88. The summed E-state index contributed by atoms with van der Waals surface area (Å²) in [6, 6.07) is 16.4. The molecule has 0 spiro atoms. The van der Waals surface area contributed by atoms with E-state index in [1.165, 1.54) is 31.6 Å². The van der Waals surface area contributed by atoms with Crippen molar-refractivity contribution in [2.75, 3.05) is 18.4 Å². The topological polar surface area (TPSA) is 125 Å². The van der Waals surface area contributed by atoms with Crippen LogP contribution in [0.3, 0.4) is 0 Å². The van der Waals surface area contributed by atoms with Crippen molar-refractivity contribution in [1.82, 2.24) is 19.9 Å². The molecule has 10 nitrogen and oxygen atoms in total. The molecule has 36 heavy (non-hydrogen) atoms. The molecular weight excluding hydrogens is 482 g/mol. The smallest absolute Gasteiger partial charge is 0.263 e. The summed E-state index contributed by atoms with van der Waals surface area (Å²) < 4.78 is 46.3. The molecule has 0 saturated carbocycles. The monoisotopic (exact) mass is 505 g/mol. The molecule has 2 aromatic heterocycles. The van der Waals surface area contributed by atoms with Crippen molar-refractivity contribution in [3.05, 3.63) is 85.7 Å². The number of ether oxygens (including phenoxy) is 3. The second-order valence-electron chi connectivity index (χ2n) is 7.20. The van der Waals surface area contributed by atoms with Gasteiger partial charge in [0, 0.05) is 12.4 Å². The normalized spacial score (nSPS) is 10.9. The first kappa shape index (κ1) is 24.6. The second-order valence-corrected chi connectivity index (χ2v) is 8.88. The maximum absolute atomic E-state index is 13.2. The van der Waals surface area contributed by atoms with Gasteiger partial charge < -0.3 is 14.2 Å². The first-order valence-corrected chi connectivity index (χ1v) is 12.3. The molecule has 4 aromatic rings. The van der Waals surface area contributed by atoms with Gasteiger partial charge in [0.1, 0.15) is 0 Å². The first-order chi connectivity index (χ1) is 17.5. The Morgan fingerprint density at radius 1 is 0.917 bits per heavy atom. The molecule has 0 radical (unpaired) electrons. The average molecular weight is 506 g/mol. The zero-order chi connectivity index (χ0) is 25.4. The fourth-order valence-corrected chi connectivity index (χ4v) is 4.07. The highest BCUT2D eigenvalue weighted by molar-refractivity contribution is 7.92. The molecule has 4 rings (SSSR count). The summed E-state index contributed by atoms with van der Waals surface area (Å²) in [7, 11) is -2.55. The van der Waals surface area contributed by atoms with E-state index in [0.29, 0.717) is 17.9 Å². The summed E-state index contributed by atoms with van der Waals surface area (Å²) in [5.41, 5.74) is 0. The highest BCUT2D eigenvalue weighted by Gasteiger charge is 2.25. The number of hydrogen-bond donors (Lipinski definition) is 1.